The summed E-state index contributed by atoms with van der Waals surface area (Å²) in [4.78, 5) is 31.0. The molecule has 1 aliphatic rings. The van der Waals surface area contributed by atoms with Gasteiger partial charge in [0.05, 0.1) is 30.2 Å². The summed E-state index contributed by atoms with van der Waals surface area (Å²) in [5.41, 5.74) is 2.02. The number of aliphatic imine (C=N–C) groups is 1. The second kappa shape index (κ2) is 12.7. The number of rotatable bonds is 9. The van der Waals surface area contributed by atoms with Gasteiger partial charge in [-0.15, -0.1) is 0 Å². The van der Waals surface area contributed by atoms with E-state index >= 15 is 0 Å². The van der Waals surface area contributed by atoms with Crippen LogP contribution in [0.25, 0.3) is 11.1 Å². The number of aromatic carboxylic acids is 1. The normalized spacial score (nSPS) is 14.8. The molecule has 0 radical (unpaired) electrons. The van der Waals surface area contributed by atoms with Crippen molar-refractivity contribution in [2.24, 2.45) is 4.99 Å². The van der Waals surface area contributed by atoms with Gasteiger partial charge in [-0.1, -0.05) is 73.5 Å². The molecule has 35 heavy (non-hydrogen) atoms. The van der Waals surface area contributed by atoms with E-state index in [1.165, 1.54) is 6.07 Å². The van der Waals surface area contributed by atoms with Gasteiger partial charge in [-0.25, -0.2) is 4.79 Å². The number of carboxylic acids is 1. The SMILES string of the molecule is CCCCC1=NC(C)(C)C(C(=O)OCC)=C(Cl)N1Cc1ccc(-c2ccccc2C(=O)[O-])cc1.[Na+]. The fourth-order valence-electron chi connectivity index (χ4n) is 4.05. The maximum atomic E-state index is 12.7. The van der Waals surface area contributed by atoms with Crippen molar-refractivity contribution in [3.05, 3.63) is 70.4 Å². The second-order valence-electron chi connectivity index (χ2n) is 8.69. The summed E-state index contributed by atoms with van der Waals surface area (Å²) < 4.78 is 5.27. The zero-order valence-corrected chi connectivity index (χ0v) is 23.8. The van der Waals surface area contributed by atoms with Gasteiger partial charge in [0.1, 0.15) is 11.0 Å². The van der Waals surface area contributed by atoms with Crippen molar-refractivity contribution >= 4 is 29.4 Å². The fourth-order valence-corrected chi connectivity index (χ4v) is 4.51. The summed E-state index contributed by atoms with van der Waals surface area (Å²) in [6, 6.07) is 14.4. The molecule has 0 amide bonds. The molecule has 0 N–H and O–H groups in total. The molecule has 0 atom stereocenters. The molecule has 0 aromatic heterocycles. The number of hydrogen-bond acceptors (Lipinski definition) is 6. The van der Waals surface area contributed by atoms with Gasteiger partial charge in [0, 0.05) is 12.0 Å². The van der Waals surface area contributed by atoms with Gasteiger partial charge in [-0.2, -0.15) is 0 Å². The minimum Gasteiger partial charge on any atom is -0.545 e. The standard InChI is InChI=1S/C27H31ClN2O4.Na/c1-5-7-12-22-29-27(3,4)23(26(33)34-6-2)24(28)30(22)17-18-13-15-19(16-14-18)20-10-8-9-11-21(20)25(31)32;/h8-11,13-16H,5-7,12,17H2,1-4H3,(H,31,32);/q;+1/p-1. The number of carboxylic acid groups (broad SMARTS) is 1. The topological polar surface area (TPSA) is 82.0 Å². The molecule has 3 rings (SSSR count). The molecular weight excluding hydrogens is 475 g/mol. The molecule has 1 heterocycles. The Balaban J connectivity index is 0.00000432. The first-order valence-corrected chi connectivity index (χ1v) is 11.9. The number of carbonyl (C=O) groups excluding carboxylic acids is 2. The summed E-state index contributed by atoms with van der Waals surface area (Å²) in [6.07, 6.45) is 2.69. The second-order valence-corrected chi connectivity index (χ2v) is 9.05. The van der Waals surface area contributed by atoms with Crippen molar-refractivity contribution in [3.63, 3.8) is 0 Å². The Bertz CT molecular complexity index is 1130. The van der Waals surface area contributed by atoms with E-state index in [0.29, 0.717) is 22.8 Å². The zero-order valence-electron chi connectivity index (χ0n) is 21.1. The summed E-state index contributed by atoms with van der Waals surface area (Å²) in [6.45, 7) is 8.29. The van der Waals surface area contributed by atoms with E-state index in [1.54, 1.807) is 25.1 Å². The number of ether oxygens (including phenoxy) is 1. The van der Waals surface area contributed by atoms with Crippen molar-refractivity contribution in [1.82, 2.24) is 4.90 Å². The Morgan fingerprint density at radius 2 is 1.74 bits per heavy atom. The summed E-state index contributed by atoms with van der Waals surface area (Å²) >= 11 is 6.82. The first-order valence-electron chi connectivity index (χ1n) is 11.5. The number of amidine groups is 1. The largest absolute Gasteiger partial charge is 1.00 e. The molecule has 1 aliphatic heterocycles. The Hall–Kier alpha value is -2.12. The van der Waals surface area contributed by atoms with E-state index in [-0.39, 0.29) is 41.7 Å². The van der Waals surface area contributed by atoms with Crippen LogP contribution >= 0.6 is 11.6 Å². The fraction of sp³-hybridized carbons (Fsp3) is 0.370. The number of carbonyl (C=O) groups is 2. The molecule has 8 heteroatoms. The van der Waals surface area contributed by atoms with E-state index in [4.69, 9.17) is 21.3 Å². The van der Waals surface area contributed by atoms with E-state index in [1.807, 2.05) is 43.0 Å². The monoisotopic (exact) mass is 504 g/mol. The van der Waals surface area contributed by atoms with Crippen molar-refractivity contribution in [2.45, 2.75) is 59.0 Å². The molecular formula is C27H30ClN2NaO4. The number of esters is 1. The Morgan fingerprint density at radius 3 is 2.34 bits per heavy atom. The van der Waals surface area contributed by atoms with Gasteiger partial charge < -0.3 is 19.5 Å². The van der Waals surface area contributed by atoms with Gasteiger partial charge in [0.2, 0.25) is 0 Å². The van der Waals surface area contributed by atoms with Crippen molar-refractivity contribution in [3.8, 4) is 11.1 Å². The van der Waals surface area contributed by atoms with Gasteiger partial charge in [0.25, 0.3) is 0 Å². The maximum absolute atomic E-state index is 12.7. The molecule has 0 saturated carbocycles. The van der Waals surface area contributed by atoms with E-state index in [2.05, 4.69) is 6.92 Å². The number of unbranched alkanes of at least 4 members (excludes halogenated alkanes) is 1. The third kappa shape index (κ3) is 6.76. The van der Waals surface area contributed by atoms with E-state index < -0.39 is 17.5 Å². The third-order valence-electron chi connectivity index (χ3n) is 5.76. The van der Waals surface area contributed by atoms with E-state index in [0.717, 1.165) is 36.2 Å². The van der Waals surface area contributed by atoms with Crippen LogP contribution in [0.2, 0.25) is 0 Å². The van der Waals surface area contributed by atoms with Crippen LogP contribution in [-0.2, 0) is 16.1 Å². The maximum Gasteiger partial charge on any atom is 1.00 e. The Morgan fingerprint density at radius 1 is 1.09 bits per heavy atom. The van der Waals surface area contributed by atoms with Crippen molar-refractivity contribution in [2.75, 3.05) is 6.61 Å². The average Bonchev–Trinajstić information content (AvgIpc) is 2.80. The van der Waals surface area contributed by atoms with Crippen LogP contribution in [0.3, 0.4) is 0 Å². The van der Waals surface area contributed by atoms with Crippen LogP contribution in [0.4, 0.5) is 0 Å². The van der Waals surface area contributed by atoms with Gasteiger partial charge >= 0.3 is 35.5 Å². The Labute approximate surface area is 234 Å². The molecule has 0 saturated heterocycles. The average molecular weight is 505 g/mol. The van der Waals surface area contributed by atoms with Gasteiger partial charge in [-0.05, 0) is 43.9 Å². The Kier molecular flexibility index (Phi) is 10.6. The van der Waals surface area contributed by atoms with E-state index in [9.17, 15) is 14.7 Å². The molecule has 0 unspecified atom stereocenters. The number of halogens is 1. The number of benzene rings is 2. The predicted octanol–water partition coefficient (Wildman–Crippen LogP) is 1.92. The molecule has 2 aromatic carbocycles. The zero-order chi connectivity index (χ0) is 24.9. The number of nitrogens with zero attached hydrogens (tertiary/aromatic N) is 2. The molecule has 0 spiro atoms. The van der Waals surface area contributed by atoms with Crippen molar-refractivity contribution < 1.29 is 49.0 Å². The minimum absolute atomic E-state index is 0. The quantitative estimate of drug-likeness (QED) is 0.296. The van der Waals surface area contributed by atoms with Crippen molar-refractivity contribution in [1.29, 1.82) is 0 Å². The third-order valence-corrected chi connectivity index (χ3v) is 6.15. The number of hydrogen-bond donors (Lipinski definition) is 0. The minimum atomic E-state index is -1.21. The first kappa shape index (κ1) is 29.1. The molecule has 2 aromatic rings. The molecule has 0 bridgehead atoms. The summed E-state index contributed by atoms with van der Waals surface area (Å²) in [5.74, 6) is -0.845. The molecule has 0 fully saturated rings. The van der Waals surface area contributed by atoms with Crippen LogP contribution in [0, 0.1) is 0 Å². The van der Waals surface area contributed by atoms with Gasteiger partial charge in [-0.3, -0.25) is 4.99 Å². The predicted molar refractivity (Wildman–Crippen MR) is 132 cm³/mol. The molecule has 0 aliphatic carbocycles. The van der Waals surface area contributed by atoms with Crippen LogP contribution in [0.15, 0.2) is 64.3 Å². The molecule has 180 valence electrons. The first-order chi connectivity index (χ1) is 16.2. The van der Waals surface area contributed by atoms with Crippen LogP contribution in [-0.4, -0.2) is 34.8 Å². The smallest absolute Gasteiger partial charge is 0.545 e. The summed E-state index contributed by atoms with van der Waals surface area (Å²) in [7, 11) is 0. The van der Waals surface area contributed by atoms with Crippen LogP contribution in [0.1, 0.15) is 62.9 Å². The van der Waals surface area contributed by atoms with Crippen LogP contribution < -0.4 is 34.7 Å². The van der Waals surface area contributed by atoms with Crippen LogP contribution in [0.5, 0.6) is 0 Å². The van der Waals surface area contributed by atoms with Gasteiger partial charge in [0.15, 0.2) is 0 Å². The summed E-state index contributed by atoms with van der Waals surface area (Å²) in [5, 5.41) is 11.8. The molecule has 6 nitrogen and oxygen atoms in total.